The lowest BCUT2D eigenvalue weighted by Crippen LogP contribution is -2.26. The van der Waals surface area contributed by atoms with Crippen LogP contribution in [0.25, 0.3) is 22.3 Å². The van der Waals surface area contributed by atoms with Gasteiger partial charge in [-0.05, 0) is 88.3 Å². The van der Waals surface area contributed by atoms with Crippen molar-refractivity contribution in [2.45, 2.75) is 25.3 Å². The molecule has 1 aliphatic rings. The fraction of sp³-hybridized carbons (Fsp3) is 0.192. The van der Waals surface area contributed by atoms with Gasteiger partial charge in [-0.2, -0.15) is 0 Å². The Balaban J connectivity index is 1.69. The number of amides is 1. The zero-order valence-corrected chi connectivity index (χ0v) is 21.8. The van der Waals surface area contributed by atoms with E-state index in [1.54, 1.807) is 12.1 Å². The summed E-state index contributed by atoms with van der Waals surface area (Å²) in [5, 5.41) is 3.10. The molecule has 37 heavy (non-hydrogen) atoms. The van der Waals surface area contributed by atoms with Gasteiger partial charge in [0, 0.05) is 24.1 Å². The number of carbonyl (C=O) groups excluding carboxylic acids is 1. The summed E-state index contributed by atoms with van der Waals surface area (Å²) in [6, 6.07) is 11.0. The Kier molecular flexibility index (Phi) is 6.86. The summed E-state index contributed by atoms with van der Waals surface area (Å²) in [6.07, 6.45) is 1.67. The SMILES string of the molecule is CNC(=O)c1c(-c2ccc(F)cc2)oc2cc(N(Cc3cc(F)c(Br)c(F)c3)S(=O)O)c(C3CC3)cc12. The van der Waals surface area contributed by atoms with Crippen molar-refractivity contribution in [3.05, 3.63) is 87.1 Å². The first kappa shape index (κ1) is 25.5. The predicted molar refractivity (Wildman–Crippen MR) is 138 cm³/mol. The molecule has 1 fully saturated rings. The smallest absolute Gasteiger partial charge is 0.262 e. The molecule has 1 unspecified atom stereocenters. The number of benzene rings is 3. The predicted octanol–water partition coefficient (Wildman–Crippen LogP) is 6.66. The third-order valence-corrected chi connectivity index (χ3v) is 7.70. The van der Waals surface area contributed by atoms with Gasteiger partial charge in [0.2, 0.25) is 0 Å². The summed E-state index contributed by atoms with van der Waals surface area (Å²) in [5.74, 6) is -2.21. The van der Waals surface area contributed by atoms with E-state index in [2.05, 4.69) is 21.2 Å². The monoisotopic (exact) mass is 592 g/mol. The molecule has 1 amide bonds. The first-order valence-corrected chi connectivity index (χ1v) is 13.1. The average Bonchev–Trinajstić information content (AvgIpc) is 3.65. The van der Waals surface area contributed by atoms with Crippen LogP contribution in [0.2, 0.25) is 0 Å². The van der Waals surface area contributed by atoms with Crippen LogP contribution in [0.15, 0.2) is 57.4 Å². The van der Waals surface area contributed by atoms with Crippen LogP contribution >= 0.6 is 15.9 Å². The molecule has 0 bridgehead atoms. The standard InChI is InChI=1S/C26H20BrF3N2O4S/c1-31-26(33)23-18-10-17(14-2-3-14)21(11-22(18)36-25(23)15-4-6-16(28)7-5-15)32(37(34)35)12-13-8-19(29)24(27)20(30)9-13/h4-11,14H,2-3,12H2,1H3,(H,31,33)(H,34,35). The number of hydrogen-bond acceptors (Lipinski definition) is 3. The molecular weight excluding hydrogens is 573 g/mol. The van der Waals surface area contributed by atoms with E-state index in [1.165, 1.54) is 31.3 Å². The van der Waals surface area contributed by atoms with E-state index in [4.69, 9.17) is 4.42 Å². The summed E-state index contributed by atoms with van der Waals surface area (Å²) in [5.41, 5.74) is 2.22. The Bertz CT molecular complexity index is 1530. The fourth-order valence-electron chi connectivity index (χ4n) is 4.33. The van der Waals surface area contributed by atoms with Crippen molar-refractivity contribution < 1.29 is 31.1 Å². The van der Waals surface area contributed by atoms with E-state index in [0.29, 0.717) is 22.2 Å². The van der Waals surface area contributed by atoms with Crippen LogP contribution in [0, 0.1) is 17.5 Å². The van der Waals surface area contributed by atoms with Crippen LogP contribution in [0.4, 0.5) is 18.9 Å². The first-order valence-electron chi connectivity index (χ1n) is 11.3. The second-order valence-electron chi connectivity index (χ2n) is 8.71. The van der Waals surface area contributed by atoms with E-state index in [-0.39, 0.29) is 39.4 Å². The molecule has 4 aromatic rings. The van der Waals surface area contributed by atoms with Crippen LogP contribution in [-0.2, 0) is 17.8 Å². The van der Waals surface area contributed by atoms with E-state index in [9.17, 15) is 26.7 Å². The first-order chi connectivity index (χ1) is 17.7. The molecule has 0 saturated heterocycles. The van der Waals surface area contributed by atoms with Crippen LogP contribution in [0.3, 0.4) is 0 Å². The van der Waals surface area contributed by atoms with Crippen molar-refractivity contribution in [3.63, 3.8) is 0 Å². The number of anilines is 1. The lowest BCUT2D eigenvalue weighted by Gasteiger charge is -2.23. The molecule has 0 aliphatic heterocycles. The largest absolute Gasteiger partial charge is 0.455 e. The second-order valence-corrected chi connectivity index (χ2v) is 10.4. The van der Waals surface area contributed by atoms with Gasteiger partial charge in [0.25, 0.3) is 17.2 Å². The van der Waals surface area contributed by atoms with Gasteiger partial charge in [-0.3, -0.25) is 13.7 Å². The van der Waals surface area contributed by atoms with E-state index in [0.717, 1.165) is 29.3 Å². The highest BCUT2D eigenvalue weighted by Crippen LogP contribution is 2.48. The third kappa shape index (κ3) is 4.90. The Morgan fingerprint density at radius 3 is 2.35 bits per heavy atom. The molecule has 1 aromatic heterocycles. The van der Waals surface area contributed by atoms with E-state index < -0.39 is 34.6 Å². The quantitative estimate of drug-likeness (QED) is 0.186. The lowest BCUT2D eigenvalue weighted by atomic mass is 10.00. The minimum atomic E-state index is -2.55. The molecule has 6 nitrogen and oxygen atoms in total. The zero-order valence-electron chi connectivity index (χ0n) is 19.4. The maximum Gasteiger partial charge on any atom is 0.262 e. The summed E-state index contributed by atoms with van der Waals surface area (Å²) in [6.45, 7) is -0.261. The van der Waals surface area contributed by atoms with Crippen molar-refractivity contribution in [3.8, 4) is 11.3 Å². The second kappa shape index (κ2) is 9.96. The van der Waals surface area contributed by atoms with Crippen LogP contribution in [0.5, 0.6) is 0 Å². The van der Waals surface area contributed by atoms with E-state index >= 15 is 0 Å². The molecule has 11 heteroatoms. The highest BCUT2D eigenvalue weighted by atomic mass is 79.9. The number of hydrogen-bond donors (Lipinski definition) is 2. The van der Waals surface area contributed by atoms with Crippen molar-refractivity contribution in [2.24, 2.45) is 0 Å². The number of fused-ring (bicyclic) bond motifs is 1. The maximum atomic E-state index is 14.1. The number of rotatable bonds is 7. The summed E-state index contributed by atoms with van der Waals surface area (Å²) in [7, 11) is 1.49. The van der Waals surface area contributed by atoms with Crippen molar-refractivity contribution in [2.75, 3.05) is 11.4 Å². The summed E-state index contributed by atoms with van der Waals surface area (Å²) < 4.78 is 71.3. The molecule has 5 rings (SSSR count). The topological polar surface area (TPSA) is 82.8 Å². The van der Waals surface area contributed by atoms with Crippen LogP contribution in [-0.4, -0.2) is 21.7 Å². The van der Waals surface area contributed by atoms with Crippen molar-refractivity contribution >= 4 is 49.8 Å². The minimum absolute atomic E-state index is 0.0746. The molecule has 1 saturated carbocycles. The maximum absolute atomic E-state index is 14.1. The van der Waals surface area contributed by atoms with Gasteiger partial charge >= 0.3 is 0 Å². The van der Waals surface area contributed by atoms with Gasteiger partial charge in [0.1, 0.15) is 28.8 Å². The fourth-order valence-corrected chi connectivity index (χ4v) is 5.15. The number of halogens is 4. The average molecular weight is 593 g/mol. The number of carbonyl (C=O) groups is 1. The third-order valence-electron chi connectivity index (χ3n) is 6.24. The number of nitrogens with zero attached hydrogens (tertiary/aromatic N) is 1. The normalized spacial score (nSPS) is 14.1. The van der Waals surface area contributed by atoms with Gasteiger partial charge in [-0.1, -0.05) is 0 Å². The van der Waals surface area contributed by atoms with Gasteiger partial charge < -0.3 is 9.73 Å². The zero-order chi connectivity index (χ0) is 26.4. The highest BCUT2D eigenvalue weighted by molar-refractivity contribution is 9.10. The van der Waals surface area contributed by atoms with Gasteiger partial charge in [-0.15, -0.1) is 0 Å². The summed E-state index contributed by atoms with van der Waals surface area (Å²) in [4.78, 5) is 12.9. The van der Waals surface area contributed by atoms with Crippen molar-refractivity contribution in [1.82, 2.24) is 5.32 Å². The Morgan fingerprint density at radius 2 is 1.78 bits per heavy atom. The highest BCUT2D eigenvalue weighted by Gasteiger charge is 2.32. The minimum Gasteiger partial charge on any atom is -0.455 e. The number of nitrogens with one attached hydrogen (secondary N) is 1. The van der Waals surface area contributed by atoms with E-state index in [1.807, 2.05) is 0 Å². The Morgan fingerprint density at radius 1 is 1.14 bits per heavy atom. The van der Waals surface area contributed by atoms with Crippen LogP contribution < -0.4 is 9.62 Å². The molecular formula is C26H20BrF3N2O4S. The van der Waals surface area contributed by atoms with Gasteiger partial charge in [0.05, 0.1) is 22.3 Å². The lowest BCUT2D eigenvalue weighted by molar-refractivity contribution is 0.0964. The van der Waals surface area contributed by atoms with Crippen molar-refractivity contribution in [1.29, 1.82) is 0 Å². The molecule has 2 N–H and O–H groups in total. The Labute approximate surface area is 221 Å². The number of furan rings is 1. The van der Waals surface area contributed by atoms with Gasteiger partial charge in [0.15, 0.2) is 0 Å². The molecule has 192 valence electrons. The molecule has 3 aromatic carbocycles. The van der Waals surface area contributed by atoms with Crippen LogP contribution in [0.1, 0.15) is 40.2 Å². The Hall–Kier alpha value is -3.15. The molecule has 0 spiro atoms. The molecule has 1 aliphatic carbocycles. The molecule has 0 radical (unpaired) electrons. The molecule has 1 heterocycles. The van der Waals surface area contributed by atoms with Gasteiger partial charge in [-0.25, -0.2) is 17.4 Å². The molecule has 1 atom stereocenters. The summed E-state index contributed by atoms with van der Waals surface area (Å²) >= 11 is 0.282.